The number of benzene rings is 2. The highest BCUT2D eigenvalue weighted by molar-refractivity contribution is 7.98. The molecule has 0 atom stereocenters. The van der Waals surface area contributed by atoms with E-state index in [0.717, 1.165) is 21.5 Å². The number of aromatic nitrogens is 1. The summed E-state index contributed by atoms with van der Waals surface area (Å²) in [7, 11) is 0. The van der Waals surface area contributed by atoms with Gasteiger partial charge in [-0.3, -0.25) is 4.79 Å². The van der Waals surface area contributed by atoms with Gasteiger partial charge in [-0.15, -0.1) is 11.8 Å². The Morgan fingerprint density at radius 3 is 2.75 bits per heavy atom. The van der Waals surface area contributed by atoms with Crippen LogP contribution in [-0.4, -0.2) is 23.8 Å². The first kappa shape index (κ1) is 16.8. The summed E-state index contributed by atoms with van der Waals surface area (Å²) >= 11 is 3.14. The van der Waals surface area contributed by atoms with Crippen LogP contribution in [0.3, 0.4) is 0 Å². The van der Waals surface area contributed by atoms with Crippen LogP contribution in [0, 0.1) is 0 Å². The van der Waals surface area contributed by atoms with Crippen molar-refractivity contribution in [1.82, 2.24) is 4.98 Å². The van der Waals surface area contributed by atoms with Crippen LogP contribution in [0.15, 0.2) is 47.4 Å². The molecule has 0 bridgehead atoms. The molecule has 0 aliphatic rings. The third-order valence-electron chi connectivity index (χ3n) is 3.44. The number of carbonyl (C=O) groups excluding carboxylic acids is 1. The minimum Gasteiger partial charge on any atom is -0.494 e. The first-order chi connectivity index (χ1) is 11.7. The monoisotopic (exact) mass is 358 g/mol. The van der Waals surface area contributed by atoms with Crippen molar-refractivity contribution in [3.8, 4) is 5.75 Å². The summed E-state index contributed by atoms with van der Waals surface area (Å²) in [6.07, 6.45) is 2.38. The van der Waals surface area contributed by atoms with Crippen LogP contribution in [-0.2, 0) is 11.2 Å². The van der Waals surface area contributed by atoms with E-state index in [0.29, 0.717) is 18.2 Å². The van der Waals surface area contributed by atoms with Gasteiger partial charge in [0.25, 0.3) is 0 Å². The van der Waals surface area contributed by atoms with Gasteiger partial charge in [0.15, 0.2) is 5.13 Å². The van der Waals surface area contributed by atoms with Crippen LogP contribution in [0.4, 0.5) is 5.13 Å². The summed E-state index contributed by atoms with van der Waals surface area (Å²) < 4.78 is 6.49. The normalized spacial score (nSPS) is 10.8. The molecule has 0 fully saturated rings. The molecular formula is C18H18N2O2S2. The zero-order valence-electron chi connectivity index (χ0n) is 13.5. The molecule has 0 unspecified atom stereocenters. The van der Waals surface area contributed by atoms with Crippen molar-refractivity contribution in [3.05, 3.63) is 48.0 Å². The van der Waals surface area contributed by atoms with Gasteiger partial charge in [-0.05, 0) is 49.1 Å². The molecule has 2 aromatic carbocycles. The number of ether oxygens (including phenoxy) is 1. The van der Waals surface area contributed by atoms with Crippen molar-refractivity contribution in [2.45, 2.75) is 18.2 Å². The number of rotatable bonds is 6. The molecule has 0 saturated carbocycles. The number of amides is 1. The second-order valence-corrected chi connectivity index (χ2v) is 7.06. The highest BCUT2D eigenvalue weighted by Gasteiger charge is 2.09. The van der Waals surface area contributed by atoms with Gasteiger partial charge >= 0.3 is 0 Å². The number of hydrogen-bond donors (Lipinski definition) is 1. The maximum Gasteiger partial charge on any atom is 0.230 e. The average Bonchev–Trinajstić information content (AvgIpc) is 2.97. The van der Waals surface area contributed by atoms with Crippen molar-refractivity contribution in [2.24, 2.45) is 0 Å². The Morgan fingerprint density at radius 2 is 2.04 bits per heavy atom. The second-order valence-electron chi connectivity index (χ2n) is 5.15. The highest BCUT2D eigenvalue weighted by atomic mass is 32.2. The van der Waals surface area contributed by atoms with Gasteiger partial charge in [0.1, 0.15) is 5.75 Å². The Morgan fingerprint density at radius 1 is 1.25 bits per heavy atom. The van der Waals surface area contributed by atoms with E-state index in [1.54, 1.807) is 11.8 Å². The standard InChI is InChI=1S/C18H18N2O2S2/c1-3-22-13-6-9-15-16(11-13)24-18(19-15)20-17(21)10-12-4-7-14(23-2)8-5-12/h4-9,11H,3,10H2,1-2H3,(H,19,20,21). The van der Waals surface area contributed by atoms with Crippen molar-refractivity contribution in [3.63, 3.8) is 0 Å². The van der Waals surface area contributed by atoms with Gasteiger partial charge in [-0.2, -0.15) is 0 Å². The van der Waals surface area contributed by atoms with Crippen molar-refractivity contribution in [2.75, 3.05) is 18.2 Å². The fraction of sp³-hybridized carbons (Fsp3) is 0.222. The number of carbonyl (C=O) groups is 1. The van der Waals surface area contributed by atoms with Gasteiger partial charge in [0.2, 0.25) is 5.91 Å². The molecule has 3 rings (SSSR count). The maximum atomic E-state index is 12.2. The summed E-state index contributed by atoms with van der Waals surface area (Å²) in [4.78, 5) is 17.8. The molecule has 124 valence electrons. The molecule has 0 aliphatic heterocycles. The summed E-state index contributed by atoms with van der Waals surface area (Å²) in [6.45, 7) is 2.58. The van der Waals surface area contributed by atoms with E-state index in [1.807, 2.05) is 55.6 Å². The van der Waals surface area contributed by atoms with E-state index in [2.05, 4.69) is 10.3 Å². The van der Waals surface area contributed by atoms with E-state index in [9.17, 15) is 4.79 Å². The van der Waals surface area contributed by atoms with Crippen LogP contribution in [0.2, 0.25) is 0 Å². The molecule has 1 aromatic heterocycles. The molecule has 1 heterocycles. The molecule has 0 spiro atoms. The Labute approximate surface area is 149 Å². The topological polar surface area (TPSA) is 51.2 Å². The number of fused-ring (bicyclic) bond motifs is 1. The number of nitrogens with zero attached hydrogens (tertiary/aromatic N) is 1. The molecule has 1 N–H and O–H groups in total. The Balaban J connectivity index is 1.68. The Hall–Kier alpha value is -2.05. The molecular weight excluding hydrogens is 340 g/mol. The summed E-state index contributed by atoms with van der Waals surface area (Å²) in [5.74, 6) is 0.761. The highest BCUT2D eigenvalue weighted by Crippen LogP contribution is 2.29. The fourth-order valence-electron chi connectivity index (χ4n) is 2.31. The van der Waals surface area contributed by atoms with E-state index in [-0.39, 0.29) is 5.91 Å². The molecule has 0 aliphatic carbocycles. The van der Waals surface area contributed by atoms with Crippen molar-refractivity contribution < 1.29 is 9.53 Å². The largest absolute Gasteiger partial charge is 0.494 e. The van der Waals surface area contributed by atoms with Crippen molar-refractivity contribution in [1.29, 1.82) is 0 Å². The predicted molar refractivity (Wildman–Crippen MR) is 101 cm³/mol. The molecule has 6 heteroatoms. The maximum absolute atomic E-state index is 12.2. The summed E-state index contributed by atoms with van der Waals surface area (Å²) in [5, 5.41) is 3.50. The average molecular weight is 358 g/mol. The number of thiazole rings is 1. The first-order valence-corrected chi connectivity index (χ1v) is 9.68. The zero-order chi connectivity index (χ0) is 16.9. The Bertz CT molecular complexity index is 844. The molecule has 0 saturated heterocycles. The number of nitrogens with one attached hydrogen (secondary N) is 1. The molecule has 3 aromatic rings. The van der Waals surface area contributed by atoms with Crippen LogP contribution >= 0.6 is 23.1 Å². The van der Waals surface area contributed by atoms with Crippen LogP contribution in [0.5, 0.6) is 5.75 Å². The first-order valence-electron chi connectivity index (χ1n) is 7.64. The van der Waals surface area contributed by atoms with E-state index >= 15 is 0 Å². The summed E-state index contributed by atoms with van der Waals surface area (Å²) in [6, 6.07) is 13.8. The third-order valence-corrected chi connectivity index (χ3v) is 5.12. The second kappa shape index (κ2) is 7.68. The fourth-order valence-corrected chi connectivity index (χ4v) is 3.63. The molecule has 0 radical (unpaired) electrons. The minimum absolute atomic E-state index is 0.0593. The number of hydrogen-bond acceptors (Lipinski definition) is 5. The molecule has 4 nitrogen and oxygen atoms in total. The van der Waals surface area contributed by atoms with Gasteiger partial charge in [-0.1, -0.05) is 23.5 Å². The zero-order valence-corrected chi connectivity index (χ0v) is 15.2. The summed E-state index contributed by atoms with van der Waals surface area (Å²) in [5.41, 5.74) is 1.85. The quantitative estimate of drug-likeness (QED) is 0.654. The molecule has 24 heavy (non-hydrogen) atoms. The third kappa shape index (κ3) is 4.07. The number of anilines is 1. The van der Waals surface area contributed by atoms with E-state index in [4.69, 9.17) is 4.74 Å². The van der Waals surface area contributed by atoms with E-state index in [1.165, 1.54) is 16.2 Å². The Kier molecular flexibility index (Phi) is 5.37. The van der Waals surface area contributed by atoms with Crippen LogP contribution in [0.1, 0.15) is 12.5 Å². The van der Waals surface area contributed by atoms with Crippen molar-refractivity contribution >= 4 is 44.4 Å². The van der Waals surface area contributed by atoms with Gasteiger partial charge in [0, 0.05) is 4.90 Å². The van der Waals surface area contributed by atoms with Gasteiger partial charge in [-0.25, -0.2) is 4.98 Å². The lowest BCUT2D eigenvalue weighted by molar-refractivity contribution is -0.115. The lowest BCUT2D eigenvalue weighted by Gasteiger charge is -2.03. The number of thioether (sulfide) groups is 1. The smallest absolute Gasteiger partial charge is 0.230 e. The lowest BCUT2D eigenvalue weighted by Crippen LogP contribution is -2.14. The van der Waals surface area contributed by atoms with Crippen LogP contribution < -0.4 is 10.1 Å². The predicted octanol–water partition coefficient (Wildman–Crippen LogP) is 4.60. The van der Waals surface area contributed by atoms with Gasteiger partial charge < -0.3 is 10.1 Å². The SMILES string of the molecule is CCOc1ccc2nc(NC(=O)Cc3ccc(SC)cc3)sc2c1. The van der Waals surface area contributed by atoms with E-state index < -0.39 is 0 Å². The minimum atomic E-state index is -0.0593. The molecule has 1 amide bonds. The lowest BCUT2D eigenvalue weighted by atomic mass is 10.1. The van der Waals surface area contributed by atoms with Gasteiger partial charge in [0.05, 0.1) is 23.2 Å². The van der Waals surface area contributed by atoms with Crippen LogP contribution in [0.25, 0.3) is 10.2 Å².